The molecule has 2 unspecified atom stereocenters. The summed E-state index contributed by atoms with van der Waals surface area (Å²) >= 11 is 0. The third kappa shape index (κ3) is 3.98. The van der Waals surface area contributed by atoms with E-state index in [4.69, 9.17) is 4.99 Å². The van der Waals surface area contributed by atoms with Gasteiger partial charge in [0.25, 0.3) is 0 Å². The monoisotopic (exact) mass is 424 g/mol. The molecule has 3 aromatic rings. The van der Waals surface area contributed by atoms with E-state index >= 15 is 0 Å². The van der Waals surface area contributed by atoms with Crippen molar-refractivity contribution in [3.05, 3.63) is 107 Å². The van der Waals surface area contributed by atoms with Gasteiger partial charge in [0.05, 0.1) is 11.6 Å². The Bertz CT molecular complexity index is 1050. The Kier molecular flexibility index (Phi) is 5.87. The Labute approximate surface area is 189 Å². The standard InChI is InChI=1S/C28H28N2O2/c31-28(32)24-14-8-7-13-23(24)19-29-26-22-15-17-30(18-16-22)27(26)25(20-9-3-1-4-10-20)21-11-5-2-6-12-21/h1-14,19,22,25-27H,15-18H2,(H,31,32)/b29-19-. The number of hydrogen-bond donors (Lipinski definition) is 1. The van der Waals surface area contributed by atoms with Crippen molar-refractivity contribution in [3.63, 3.8) is 0 Å². The van der Waals surface area contributed by atoms with Gasteiger partial charge in [-0.15, -0.1) is 0 Å². The fourth-order valence-electron chi connectivity index (χ4n) is 5.55. The van der Waals surface area contributed by atoms with E-state index in [1.165, 1.54) is 11.1 Å². The summed E-state index contributed by atoms with van der Waals surface area (Å²) in [5.41, 5.74) is 3.59. The van der Waals surface area contributed by atoms with E-state index < -0.39 is 5.97 Å². The molecule has 0 saturated carbocycles. The number of aliphatic imine (C=N–C) groups is 1. The highest BCUT2D eigenvalue weighted by Crippen LogP contribution is 2.43. The van der Waals surface area contributed by atoms with Gasteiger partial charge < -0.3 is 5.11 Å². The molecule has 3 saturated heterocycles. The van der Waals surface area contributed by atoms with E-state index in [1.54, 1.807) is 18.3 Å². The van der Waals surface area contributed by atoms with Gasteiger partial charge in [0, 0.05) is 23.7 Å². The first-order chi connectivity index (χ1) is 15.7. The number of fused-ring (bicyclic) bond motifs is 3. The first-order valence-electron chi connectivity index (χ1n) is 11.4. The first kappa shape index (κ1) is 20.7. The van der Waals surface area contributed by atoms with Crippen LogP contribution in [0.4, 0.5) is 0 Å². The Morgan fingerprint density at radius 3 is 2.03 bits per heavy atom. The molecule has 0 spiro atoms. The van der Waals surface area contributed by atoms with Crippen LogP contribution >= 0.6 is 0 Å². The molecule has 0 aliphatic carbocycles. The quantitative estimate of drug-likeness (QED) is 0.560. The summed E-state index contributed by atoms with van der Waals surface area (Å²) in [6.07, 6.45) is 4.10. The predicted molar refractivity (Wildman–Crippen MR) is 128 cm³/mol. The molecular formula is C28H28N2O2. The zero-order valence-corrected chi connectivity index (χ0v) is 18.0. The van der Waals surface area contributed by atoms with Gasteiger partial charge in [0.2, 0.25) is 0 Å². The number of nitrogens with zero attached hydrogens (tertiary/aromatic N) is 2. The van der Waals surface area contributed by atoms with E-state index in [-0.39, 0.29) is 18.0 Å². The largest absolute Gasteiger partial charge is 0.478 e. The zero-order valence-electron chi connectivity index (χ0n) is 18.0. The summed E-state index contributed by atoms with van der Waals surface area (Å²) < 4.78 is 0. The Hall–Kier alpha value is -3.24. The molecule has 3 heterocycles. The highest BCUT2D eigenvalue weighted by molar-refractivity contribution is 5.98. The van der Waals surface area contributed by atoms with Gasteiger partial charge in [0.1, 0.15) is 0 Å². The van der Waals surface area contributed by atoms with E-state index in [1.807, 2.05) is 12.1 Å². The summed E-state index contributed by atoms with van der Waals surface area (Å²) in [4.78, 5) is 19.4. The van der Waals surface area contributed by atoms with Crippen LogP contribution in [0.1, 0.15) is 45.8 Å². The second kappa shape index (κ2) is 9.09. The maximum atomic E-state index is 11.7. The van der Waals surface area contributed by atoms with Gasteiger partial charge in [-0.25, -0.2) is 4.79 Å². The number of carboxylic acid groups (broad SMARTS) is 1. The number of carboxylic acids is 1. The van der Waals surface area contributed by atoms with Crippen molar-refractivity contribution in [1.82, 2.24) is 4.90 Å². The highest BCUT2D eigenvalue weighted by Gasteiger charge is 2.46. The van der Waals surface area contributed by atoms with Crippen LogP contribution < -0.4 is 0 Å². The molecule has 3 aliphatic heterocycles. The van der Waals surface area contributed by atoms with Gasteiger partial charge in [-0.05, 0) is 49.0 Å². The molecular weight excluding hydrogens is 396 g/mol. The number of carbonyl (C=O) groups is 1. The number of benzene rings is 3. The Morgan fingerprint density at radius 1 is 0.875 bits per heavy atom. The highest BCUT2D eigenvalue weighted by atomic mass is 16.4. The van der Waals surface area contributed by atoms with Crippen LogP contribution in [0.15, 0.2) is 89.9 Å². The predicted octanol–water partition coefficient (Wildman–Crippen LogP) is 5.10. The number of rotatable bonds is 6. The van der Waals surface area contributed by atoms with Gasteiger partial charge in [0.15, 0.2) is 0 Å². The van der Waals surface area contributed by atoms with Crippen molar-refractivity contribution in [2.45, 2.75) is 30.8 Å². The van der Waals surface area contributed by atoms with Gasteiger partial charge in [-0.2, -0.15) is 0 Å². The van der Waals surface area contributed by atoms with Crippen molar-refractivity contribution >= 4 is 12.2 Å². The van der Waals surface area contributed by atoms with Crippen LogP contribution in [-0.2, 0) is 0 Å². The van der Waals surface area contributed by atoms with Gasteiger partial charge >= 0.3 is 5.97 Å². The van der Waals surface area contributed by atoms with Crippen LogP contribution in [0.5, 0.6) is 0 Å². The lowest BCUT2D eigenvalue weighted by Gasteiger charge is -2.52. The van der Waals surface area contributed by atoms with Crippen LogP contribution in [0, 0.1) is 5.92 Å². The van der Waals surface area contributed by atoms with Crippen LogP contribution in [-0.4, -0.2) is 47.4 Å². The van der Waals surface area contributed by atoms with Crippen LogP contribution in [0.2, 0.25) is 0 Å². The van der Waals surface area contributed by atoms with Gasteiger partial charge in [-0.3, -0.25) is 9.89 Å². The number of aromatic carboxylic acids is 1. The minimum atomic E-state index is -0.913. The molecule has 162 valence electrons. The first-order valence-corrected chi connectivity index (χ1v) is 11.4. The summed E-state index contributed by atoms with van der Waals surface area (Å²) in [5.74, 6) is -0.172. The molecule has 3 fully saturated rings. The van der Waals surface area contributed by atoms with Crippen LogP contribution in [0.25, 0.3) is 0 Å². The van der Waals surface area contributed by atoms with Crippen molar-refractivity contribution in [2.24, 2.45) is 10.9 Å². The third-order valence-electron chi connectivity index (χ3n) is 7.06. The van der Waals surface area contributed by atoms with E-state index in [9.17, 15) is 9.90 Å². The maximum Gasteiger partial charge on any atom is 0.336 e. The molecule has 4 heteroatoms. The zero-order chi connectivity index (χ0) is 21.9. The summed E-state index contributed by atoms with van der Waals surface area (Å²) in [5, 5.41) is 9.58. The molecule has 2 atom stereocenters. The molecule has 2 bridgehead atoms. The fraction of sp³-hybridized carbons (Fsp3) is 0.286. The van der Waals surface area contributed by atoms with E-state index in [0.717, 1.165) is 25.9 Å². The lowest BCUT2D eigenvalue weighted by atomic mass is 9.71. The molecule has 3 aliphatic rings. The van der Waals surface area contributed by atoms with Crippen molar-refractivity contribution in [3.8, 4) is 0 Å². The SMILES string of the molecule is O=C(O)c1ccccc1/C=N\C1C2CCN(CC2)C1C(c1ccccc1)c1ccccc1. The average molecular weight is 425 g/mol. The normalized spacial score (nSPS) is 24.8. The van der Waals surface area contributed by atoms with Crippen molar-refractivity contribution < 1.29 is 9.90 Å². The molecule has 4 nitrogen and oxygen atoms in total. The molecule has 1 N–H and O–H groups in total. The van der Waals surface area contributed by atoms with Crippen LogP contribution in [0.3, 0.4) is 0 Å². The number of piperidine rings is 3. The molecule has 3 aromatic carbocycles. The lowest BCUT2D eigenvalue weighted by Crippen LogP contribution is -2.59. The topological polar surface area (TPSA) is 52.9 Å². The Morgan fingerprint density at radius 2 is 1.44 bits per heavy atom. The van der Waals surface area contributed by atoms with Crippen molar-refractivity contribution in [1.29, 1.82) is 0 Å². The van der Waals surface area contributed by atoms with Gasteiger partial charge in [-0.1, -0.05) is 78.9 Å². The Balaban J connectivity index is 1.56. The average Bonchev–Trinajstić information content (AvgIpc) is 2.85. The summed E-state index contributed by atoms with van der Waals surface area (Å²) in [6.45, 7) is 2.20. The summed E-state index contributed by atoms with van der Waals surface area (Å²) in [7, 11) is 0. The molecule has 6 rings (SSSR count). The summed E-state index contributed by atoms with van der Waals surface area (Å²) in [6, 6.07) is 29.0. The maximum absolute atomic E-state index is 11.7. The molecule has 0 amide bonds. The lowest BCUT2D eigenvalue weighted by molar-refractivity contribution is 0.0215. The molecule has 0 radical (unpaired) electrons. The fourth-order valence-corrected chi connectivity index (χ4v) is 5.55. The number of hydrogen-bond acceptors (Lipinski definition) is 3. The molecule has 32 heavy (non-hydrogen) atoms. The smallest absolute Gasteiger partial charge is 0.336 e. The molecule has 0 aromatic heterocycles. The second-order valence-electron chi connectivity index (χ2n) is 8.82. The van der Waals surface area contributed by atoms with Crippen molar-refractivity contribution in [2.75, 3.05) is 13.1 Å². The third-order valence-corrected chi connectivity index (χ3v) is 7.06. The van der Waals surface area contributed by atoms with E-state index in [0.29, 0.717) is 17.0 Å². The minimum Gasteiger partial charge on any atom is -0.478 e. The van der Waals surface area contributed by atoms with E-state index in [2.05, 4.69) is 65.6 Å². The minimum absolute atomic E-state index is 0.129. The second-order valence-corrected chi connectivity index (χ2v) is 8.82.